The van der Waals surface area contributed by atoms with Gasteiger partial charge in [0.25, 0.3) is 0 Å². The fourth-order valence-electron chi connectivity index (χ4n) is 10.6. The fourth-order valence-corrected chi connectivity index (χ4v) is 11.1. The number of thioether (sulfide) groups is 1. The second-order valence-corrected chi connectivity index (χ2v) is 27.8. The molecule has 2 aromatic rings. The Morgan fingerprint density at radius 1 is 0.491 bits per heavy atom. The minimum atomic E-state index is -1.75. The number of aromatic hydroxyl groups is 1. The number of carbonyl (C=O) groups excluding carboxylic acids is 12. The van der Waals surface area contributed by atoms with Crippen LogP contribution in [-0.4, -0.2) is 231 Å². The van der Waals surface area contributed by atoms with Crippen LogP contribution in [0.1, 0.15) is 137 Å². The molecule has 0 heterocycles. The molecule has 0 spiro atoms. The third-order valence-electron chi connectivity index (χ3n) is 17.0. The molecule has 12 amide bonds. The highest BCUT2D eigenvalue weighted by Gasteiger charge is 2.38. The van der Waals surface area contributed by atoms with Crippen LogP contribution in [0.3, 0.4) is 0 Å². The number of carboxylic acid groups (broad SMARTS) is 3. The number of aliphatic hydroxyl groups excluding tert-OH is 1. The molecule has 0 aliphatic heterocycles. The first-order chi connectivity index (χ1) is 50.9. The van der Waals surface area contributed by atoms with Gasteiger partial charge in [-0.2, -0.15) is 11.8 Å². The van der Waals surface area contributed by atoms with Crippen molar-refractivity contribution >= 4 is 107 Å². The summed E-state index contributed by atoms with van der Waals surface area (Å²) in [6, 6.07) is -3.55. The van der Waals surface area contributed by atoms with Crippen molar-refractivity contribution in [3.05, 3.63) is 65.7 Å². The van der Waals surface area contributed by atoms with Crippen LogP contribution in [0, 0.1) is 23.2 Å². The summed E-state index contributed by atoms with van der Waals surface area (Å²) < 4.78 is 0. The zero-order valence-corrected chi connectivity index (χ0v) is 63.1. The molecule has 2 aromatic carbocycles. The van der Waals surface area contributed by atoms with Crippen LogP contribution < -0.4 is 86.3 Å². The summed E-state index contributed by atoms with van der Waals surface area (Å²) in [5.41, 5.74) is 18.3. The molecular formula is C70H111N17O20S. The Kier molecular flexibility index (Phi) is 43.1. The van der Waals surface area contributed by atoms with Crippen LogP contribution in [0.25, 0.3) is 0 Å². The first kappa shape index (κ1) is 93.9. The Morgan fingerprint density at radius 3 is 1.46 bits per heavy atom. The fraction of sp³-hybridized carbons (Fsp3) is 0.600. The van der Waals surface area contributed by atoms with E-state index in [0.717, 1.165) is 0 Å². The van der Waals surface area contributed by atoms with Gasteiger partial charge in [-0.15, -0.1) is 0 Å². The summed E-state index contributed by atoms with van der Waals surface area (Å²) in [5, 5.41) is 89.3. The van der Waals surface area contributed by atoms with Gasteiger partial charge in [0.15, 0.2) is 5.96 Å². The minimum Gasteiger partial charge on any atom is -0.508 e. The average Bonchev–Trinajstić information content (AvgIpc) is 0.853. The quantitative estimate of drug-likeness (QED) is 0.0175. The number of aliphatic hydroxyl groups is 1. The zero-order chi connectivity index (χ0) is 81.3. The Labute approximate surface area is 631 Å². The highest BCUT2D eigenvalue weighted by Crippen LogP contribution is 2.17. The van der Waals surface area contributed by atoms with E-state index >= 15 is 0 Å². The van der Waals surface area contributed by atoms with E-state index in [9.17, 15) is 97.5 Å². The van der Waals surface area contributed by atoms with Gasteiger partial charge in [0, 0.05) is 32.2 Å². The molecule has 25 N–H and O–H groups in total. The standard InChI is InChI=1S/C70H111N17O20S/c1-9-39(6)57(87-67(104)56(38(4)5)86-64(101)46(19-15-30-75-70(73)74)80-66(103)52(36-88)78-53(90)35-76-60(97)50(33-42-20-22-43(89)23-21-42)84-59(96)44(72)28-31-108-8)68(105)82-48(25-27-55(93)94)62(99)79-45(18-13-14-29-71)61(98)77-40(7)58(95)83-49(32-37(2)3)65(102)81-47(24-26-54(91)92)63(100)85-51(69(106)107)34-41-16-11-10-12-17-41/h10-12,16-17,20-23,37-40,44-52,56-57,88-89H,9,13-15,18-19,24-36,71-72H2,1-8H3,(H,76,97)(H,77,98)(H,78,90)(H,79,99)(H,80,103)(H,81,102)(H,82,105)(H,83,95)(H,84,96)(H,85,100)(H,86,101)(H,87,104)(H,91,92)(H,93,94)(H,106,107)(H4,73,74,75)/t39-,40-,44-,45-,46-,47-,48-,49-,50-,51-,52-,56-,57-/m0/s1. The Hall–Kier alpha value is -10.2. The number of carboxylic acids is 3. The van der Waals surface area contributed by atoms with E-state index in [4.69, 9.17) is 22.6 Å². The monoisotopic (exact) mass is 1540 g/mol. The molecule has 0 fully saturated rings. The summed E-state index contributed by atoms with van der Waals surface area (Å²) >= 11 is 1.46. The molecule has 37 nitrogen and oxygen atoms in total. The molecule has 0 aromatic heterocycles. The van der Waals surface area contributed by atoms with Gasteiger partial charge in [0.05, 0.1) is 19.2 Å². The lowest BCUT2D eigenvalue weighted by Crippen LogP contribution is -2.62. The molecule has 13 atom stereocenters. The summed E-state index contributed by atoms with van der Waals surface area (Å²) in [6.45, 7) is 9.35. The highest BCUT2D eigenvalue weighted by molar-refractivity contribution is 7.98. The van der Waals surface area contributed by atoms with Crippen molar-refractivity contribution in [3.8, 4) is 5.75 Å². The number of carbonyl (C=O) groups is 15. The second-order valence-electron chi connectivity index (χ2n) is 26.8. The summed E-state index contributed by atoms with van der Waals surface area (Å²) in [4.78, 5) is 203. The SMILES string of the molecule is CC[C@H](C)[C@H](NC(=O)[C@@H](NC(=O)[C@H](CCCNC(=N)N)NC(=O)[C@H](CO)NC(=O)CNC(=O)[C@H](Cc1ccc(O)cc1)NC(=O)[C@@H](N)CCSC)C(C)C)C(=O)N[C@@H](CCC(=O)O)C(=O)N[C@@H](CCCCN)C(=O)N[C@@H](C)C(=O)N[C@@H](CC(C)C)C(=O)N[C@@H](CCC(=O)O)C(=O)N[C@@H](Cc1ccccc1)C(=O)O. The minimum absolute atomic E-state index is 0.00637. The van der Waals surface area contributed by atoms with Crippen molar-refractivity contribution in [2.45, 2.75) is 211 Å². The smallest absolute Gasteiger partial charge is 0.326 e. The van der Waals surface area contributed by atoms with Crippen LogP contribution in [0.4, 0.5) is 0 Å². The van der Waals surface area contributed by atoms with Crippen molar-refractivity contribution < 1.29 is 97.5 Å². The number of hydrogen-bond acceptors (Lipinski definition) is 21. The topological polar surface area (TPSA) is 615 Å². The van der Waals surface area contributed by atoms with Crippen LogP contribution in [0.2, 0.25) is 0 Å². The maximum atomic E-state index is 14.5. The molecule has 0 radical (unpaired) electrons. The van der Waals surface area contributed by atoms with Crippen molar-refractivity contribution in [1.29, 1.82) is 5.41 Å². The van der Waals surface area contributed by atoms with Crippen LogP contribution in [0.15, 0.2) is 54.6 Å². The highest BCUT2D eigenvalue weighted by atomic mass is 32.2. The van der Waals surface area contributed by atoms with Crippen molar-refractivity contribution in [1.82, 2.24) is 69.1 Å². The first-order valence-corrected chi connectivity index (χ1v) is 37.1. The summed E-state index contributed by atoms with van der Waals surface area (Å²) in [6.07, 6.45) is -0.0685. The van der Waals surface area contributed by atoms with Crippen LogP contribution in [-0.2, 0) is 84.8 Å². The lowest BCUT2D eigenvalue weighted by atomic mass is 9.95. The average molecular weight is 1540 g/mol. The third kappa shape index (κ3) is 35.9. The number of unbranched alkanes of at least 4 members (excludes halogenated alkanes) is 1. The van der Waals surface area contributed by atoms with E-state index in [1.807, 2.05) is 6.26 Å². The molecule has 0 aliphatic carbocycles. The van der Waals surface area contributed by atoms with E-state index in [1.165, 1.54) is 43.0 Å². The lowest BCUT2D eigenvalue weighted by Gasteiger charge is -2.30. The molecular weight excluding hydrogens is 1430 g/mol. The van der Waals surface area contributed by atoms with Crippen LogP contribution in [0.5, 0.6) is 5.75 Å². The number of rotatable bonds is 52. The Bertz CT molecular complexity index is 3340. The number of nitrogens with one attached hydrogen (secondary N) is 14. The molecule has 2 rings (SSSR count). The number of phenolic OH excluding ortho intramolecular Hbond substituents is 1. The number of aliphatic carboxylic acids is 3. The van der Waals surface area contributed by atoms with E-state index in [0.29, 0.717) is 29.7 Å². The molecule has 108 heavy (non-hydrogen) atoms. The number of hydrogen-bond donors (Lipinski definition) is 22. The van der Waals surface area contributed by atoms with Gasteiger partial charge in [-0.05, 0) is 124 Å². The van der Waals surface area contributed by atoms with Gasteiger partial charge < -0.3 is 112 Å². The normalized spacial score (nSPS) is 14.7. The summed E-state index contributed by atoms with van der Waals surface area (Å²) in [5.74, 6) is -17.3. The summed E-state index contributed by atoms with van der Waals surface area (Å²) in [7, 11) is 0. The Morgan fingerprint density at radius 2 is 0.954 bits per heavy atom. The van der Waals surface area contributed by atoms with E-state index in [1.54, 1.807) is 71.9 Å². The lowest BCUT2D eigenvalue weighted by molar-refractivity contribution is -0.143. The predicted octanol–water partition coefficient (Wildman–Crippen LogP) is -3.33. The van der Waals surface area contributed by atoms with Gasteiger partial charge in [-0.25, -0.2) is 4.79 Å². The largest absolute Gasteiger partial charge is 0.508 e. The van der Waals surface area contributed by atoms with Crippen molar-refractivity contribution in [3.63, 3.8) is 0 Å². The van der Waals surface area contributed by atoms with Crippen molar-refractivity contribution in [2.24, 2.45) is 35.0 Å². The molecule has 0 aliphatic rings. The maximum Gasteiger partial charge on any atom is 0.326 e. The van der Waals surface area contributed by atoms with Gasteiger partial charge >= 0.3 is 17.9 Å². The number of benzene rings is 2. The van der Waals surface area contributed by atoms with Crippen molar-refractivity contribution in [2.75, 3.05) is 38.2 Å². The second kappa shape index (κ2) is 49.6. The van der Waals surface area contributed by atoms with E-state index < -0.39 is 218 Å². The predicted molar refractivity (Wildman–Crippen MR) is 397 cm³/mol. The van der Waals surface area contributed by atoms with Gasteiger partial charge in [0.1, 0.15) is 72.2 Å². The molecule has 0 saturated carbocycles. The molecule has 602 valence electrons. The molecule has 0 bridgehead atoms. The van der Waals surface area contributed by atoms with E-state index in [-0.39, 0.29) is 76.1 Å². The van der Waals surface area contributed by atoms with Crippen LogP contribution >= 0.6 is 11.8 Å². The van der Waals surface area contributed by atoms with Gasteiger partial charge in [-0.1, -0.05) is 90.4 Å². The number of guanidine groups is 1. The maximum absolute atomic E-state index is 14.5. The van der Waals surface area contributed by atoms with Gasteiger partial charge in [-0.3, -0.25) is 72.5 Å². The number of amides is 12. The van der Waals surface area contributed by atoms with E-state index in [2.05, 4.69) is 69.1 Å². The zero-order valence-electron chi connectivity index (χ0n) is 62.3. The third-order valence-corrected chi connectivity index (χ3v) is 17.7. The molecule has 0 saturated heterocycles. The molecule has 38 heteroatoms. The Balaban J connectivity index is 2.39. The number of nitrogens with two attached hydrogens (primary N) is 3. The van der Waals surface area contributed by atoms with Gasteiger partial charge in [0.2, 0.25) is 70.9 Å². The molecule has 0 unspecified atom stereocenters. The first-order valence-electron chi connectivity index (χ1n) is 35.7. The number of phenols is 1.